The molecule has 0 saturated heterocycles. The fourth-order valence-electron chi connectivity index (χ4n) is 2.43. The number of hydrogen-bond donors (Lipinski definition) is 1. The molecular weight excluding hydrogens is 353 g/mol. The molecule has 4 rings (SSSR count). The summed E-state index contributed by atoms with van der Waals surface area (Å²) in [6, 6.07) is 8.11. The van der Waals surface area contributed by atoms with E-state index in [4.69, 9.17) is 14.7 Å². The molecule has 0 unspecified atom stereocenters. The number of anilines is 3. The quantitative estimate of drug-likeness (QED) is 0.580. The third kappa shape index (κ3) is 3.19. The van der Waals surface area contributed by atoms with Crippen LogP contribution in [0.2, 0.25) is 0 Å². The molecule has 27 heavy (non-hydrogen) atoms. The van der Waals surface area contributed by atoms with Crippen molar-refractivity contribution in [3.8, 4) is 23.3 Å². The van der Waals surface area contributed by atoms with Gasteiger partial charge in [-0.3, -0.25) is 0 Å². The van der Waals surface area contributed by atoms with Crippen molar-refractivity contribution >= 4 is 17.6 Å². The first-order chi connectivity index (χ1) is 13.0. The van der Waals surface area contributed by atoms with E-state index >= 15 is 0 Å². The number of nitrogens with zero attached hydrogens (tertiary/aromatic N) is 6. The molecule has 4 aromatic rings. The number of hydrogen-bond acceptors (Lipinski definition) is 9. The molecule has 0 radical (unpaired) electrons. The van der Waals surface area contributed by atoms with Gasteiger partial charge in [0.15, 0.2) is 5.76 Å². The van der Waals surface area contributed by atoms with Crippen LogP contribution in [0.1, 0.15) is 5.56 Å². The number of aryl methyl sites for hydroxylation is 1. The second-order valence-electron chi connectivity index (χ2n) is 5.73. The summed E-state index contributed by atoms with van der Waals surface area (Å²) in [5.74, 6) is 0.464. The van der Waals surface area contributed by atoms with Gasteiger partial charge in [0, 0.05) is 7.05 Å². The first-order valence-corrected chi connectivity index (χ1v) is 7.90. The summed E-state index contributed by atoms with van der Waals surface area (Å²) in [4.78, 5) is 18.1. The number of halogens is 1. The Kier molecular flexibility index (Phi) is 3.99. The lowest BCUT2D eigenvalue weighted by Crippen LogP contribution is -2.17. The van der Waals surface area contributed by atoms with Crippen molar-refractivity contribution in [3.05, 3.63) is 48.0 Å². The van der Waals surface area contributed by atoms with Crippen molar-refractivity contribution in [2.24, 2.45) is 0 Å². The van der Waals surface area contributed by atoms with Crippen LogP contribution in [0.5, 0.6) is 0 Å². The molecule has 0 atom stereocenters. The van der Waals surface area contributed by atoms with Crippen LogP contribution in [0.4, 0.5) is 22.0 Å². The predicted molar refractivity (Wildman–Crippen MR) is 94.4 cm³/mol. The van der Waals surface area contributed by atoms with E-state index in [9.17, 15) is 4.39 Å². The Labute approximate surface area is 152 Å². The highest BCUT2D eigenvalue weighted by molar-refractivity contribution is 5.61. The normalized spacial score (nSPS) is 10.9. The number of rotatable bonds is 4. The van der Waals surface area contributed by atoms with Gasteiger partial charge in [-0.1, -0.05) is 11.2 Å². The summed E-state index contributed by atoms with van der Waals surface area (Å²) >= 11 is 0. The maximum atomic E-state index is 14.2. The van der Waals surface area contributed by atoms with E-state index in [1.165, 1.54) is 17.2 Å². The van der Waals surface area contributed by atoms with Gasteiger partial charge in [-0.05, 0) is 36.8 Å². The first kappa shape index (κ1) is 16.6. The highest BCUT2D eigenvalue weighted by Gasteiger charge is 2.19. The molecule has 136 valence electrons. The molecule has 2 N–H and O–H groups in total. The number of benzene rings is 1. The number of nitrogens with two attached hydrogens (primary N) is 1. The average Bonchev–Trinajstić information content (AvgIpc) is 3.34. The van der Waals surface area contributed by atoms with E-state index in [1.54, 1.807) is 31.3 Å². The molecule has 0 aliphatic rings. The highest BCUT2D eigenvalue weighted by atomic mass is 19.1. The molecule has 0 spiro atoms. The van der Waals surface area contributed by atoms with Gasteiger partial charge in [0.25, 0.3) is 5.89 Å². The highest BCUT2D eigenvalue weighted by Crippen LogP contribution is 2.27. The molecule has 0 saturated carbocycles. The minimum atomic E-state index is -0.414. The predicted octanol–water partition coefficient (Wildman–Crippen LogP) is 2.98. The molecule has 10 heteroatoms. The first-order valence-electron chi connectivity index (χ1n) is 7.90. The van der Waals surface area contributed by atoms with Gasteiger partial charge >= 0.3 is 0 Å². The van der Waals surface area contributed by atoms with E-state index < -0.39 is 5.82 Å². The van der Waals surface area contributed by atoms with Crippen molar-refractivity contribution < 1.29 is 13.3 Å². The van der Waals surface area contributed by atoms with Crippen LogP contribution in [0.15, 0.2) is 45.5 Å². The van der Waals surface area contributed by atoms with Crippen LogP contribution in [0, 0.1) is 12.7 Å². The number of nitrogen functional groups attached to an aromatic ring is 1. The minimum absolute atomic E-state index is 0.0562. The van der Waals surface area contributed by atoms with Crippen molar-refractivity contribution in [1.29, 1.82) is 0 Å². The van der Waals surface area contributed by atoms with Crippen LogP contribution >= 0.6 is 0 Å². The van der Waals surface area contributed by atoms with Gasteiger partial charge in [0.2, 0.25) is 23.5 Å². The smallest absolute Gasteiger partial charge is 0.294 e. The Bertz CT molecular complexity index is 1090. The molecule has 0 amide bonds. The zero-order valence-electron chi connectivity index (χ0n) is 14.4. The zero-order chi connectivity index (χ0) is 19.0. The molecule has 9 nitrogen and oxygen atoms in total. The molecular formula is C17H14FN7O2. The summed E-state index contributed by atoms with van der Waals surface area (Å²) in [5, 5.41) is 3.84. The summed E-state index contributed by atoms with van der Waals surface area (Å²) < 4.78 is 24.6. The SMILES string of the molecule is Cc1ccc(F)c(N(C)c2nc(N)nc(-c3noc(-c4ccco4)n3)n2)c1. The minimum Gasteiger partial charge on any atom is -0.459 e. The van der Waals surface area contributed by atoms with E-state index in [1.807, 2.05) is 6.92 Å². The van der Waals surface area contributed by atoms with Crippen molar-refractivity contribution in [2.45, 2.75) is 6.92 Å². The number of aromatic nitrogens is 5. The van der Waals surface area contributed by atoms with Gasteiger partial charge in [-0.25, -0.2) is 4.39 Å². The fraction of sp³-hybridized carbons (Fsp3) is 0.118. The summed E-state index contributed by atoms with van der Waals surface area (Å²) in [5.41, 5.74) is 6.99. The summed E-state index contributed by atoms with van der Waals surface area (Å²) in [6.45, 7) is 1.86. The van der Waals surface area contributed by atoms with Gasteiger partial charge < -0.3 is 19.6 Å². The van der Waals surface area contributed by atoms with Crippen LogP contribution in [-0.2, 0) is 0 Å². The number of furan rings is 1. The van der Waals surface area contributed by atoms with Gasteiger partial charge in [-0.15, -0.1) is 0 Å². The molecule has 1 aromatic carbocycles. The monoisotopic (exact) mass is 367 g/mol. The van der Waals surface area contributed by atoms with Crippen LogP contribution in [-0.4, -0.2) is 32.1 Å². The third-order valence-electron chi connectivity index (χ3n) is 3.76. The van der Waals surface area contributed by atoms with Crippen molar-refractivity contribution in [2.75, 3.05) is 17.7 Å². The maximum absolute atomic E-state index is 14.2. The fourth-order valence-corrected chi connectivity index (χ4v) is 2.43. The Morgan fingerprint density at radius 1 is 1.07 bits per heavy atom. The van der Waals surface area contributed by atoms with E-state index in [0.717, 1.165) is 5.56 Å². The van der Waals surface area contributed by atoms with Gasteiger partial charge in [0.1, 0.15) is 5.82 Å². The van der Waals surface area contributed by atoms with Crippen LogP contribution in [0.25, 0.3) is 23.3 Å². The Morgan fingerprint density at radius 3 is 2.70 bits per heavy atom. The molecule has 0 aliphatic heterocycles. The average molecular weight is 367 g/mol. The lowest BCUT2D eigenvalue weighted by atomic mass is 10.2. The third-order valence-corrected chi connectivity index (χ3v) is 3.76. The molecule has 3 heterocycles. The van der Waals surface area contributed by atoms with E-state index in [0.29, 0.717) is 11.4 Å². The zero-order valence-corrected chi connectivity index (χ0v) is 14.4. The Morgan fingerprint density at radius 2 is 1.93 bits per heavy atom. The largest absolute Gasteiger partial charge is 0.459 e. The maximum Gasteiger partial charge on any atom is 0.294 e. The Balaban J connectivity index is 1.73. The van der Waals surface area contributed by atoms with Gasteiger partial charge in [0.05, 0.1) is 12.0 Å². The second-order valence-corrected chi connectivity index (χ2v) is 5.73. The van der Waals surface area contributed by atoms with Gasteiger partial charge in [-0.2, -0.15) is 19.9 Å². The van der Waals surface area contributed by atoms with Crippen LogP contribution in [0.3, 0.4) is 0 Å². The van der Waals surface area contributed by atoms with Crippen molar-refractivity contribution in [1.82, 2.24) is 25.1 Å². The lowest BCUT2D eigenvalue weighted by Gasteiger charge is -2.18. The van der Waals surface area contributed by atoms with Crippen molar-refractivity contribution in [3.63, 3.8) is 0 Å². The molecule has 0 fully saturated rings. The lowest BCUT2D eigenvalue weighted by molar-refractivity contribution is 0.416. The van der Waals surface area contributed by atoms with Crippen LogP contribution < -0.4 is 10.6 Å². The standard InChI is InChI=1S/C17H14FN7O2/c1-9-5-6-10(18)11(8-9)25(2)17-22-13(21-16(19)23-17)14-20-15(27-24-14)12-4-3-7-26-12/h3-8H,1-2H3,(H2,19,21,22,23). The topological polar surface area (TPSA) is 120 Å². The van der Waals surface area contributed by atoms with E-state index in [2.05, 4.69) is 25.1 Å². The van der Waals surface area contributed by atoms with E-state index in [-0.39, 0.29) is 29.4 Å². The summed E-state index contributed by atoms with van der Waals surface area (Å²) in [7, 11) is 1.63. The second kappa shape index (κ2) is 6.48. The Hall–Kier alpha value is -3.82. The molecule has 3 aromatic heterocycles. The summed E-state index contributed by atoms with van der Waals surface area (Å²) in [6.07, 6.45) is 1.49. The molecule has 0 aliphatic carbocycles. The molecule has 0 bridgehead atoms.